The highest BCUT2D eigenvalue weighted by molar-refractivity contribution is 5.91. The predicted molar refractivity (Wildman–Crippen MR) is 110 cm³/mol. The molecule has 0 saturated heterocycles. The van der Waals surface area contributed by atoms with Gasteiger partial charge in [-0.15, -0.1) is 0 Å². The Morgan fingerprint density at radius 1 is 1.03 bits per heavy atom. The zero-order chi connectivity index (χ0) is 21.5. The van der Waals surface area contributed by atoms with Crippen molar-refractivity contribution in [3.05, 3.63) is 82.7 Å². The summed E-state index contributed by atoms with van der Waals surface area (Å²) >= 11 is 0. The van der Waals surface area contributed by atoms with Crippen LogP contribution in [0.2, 0.25) is 0 Å². The highest BCUT2D eigenvalue weighted by Gasteiger charge is 2.14. The molecule has 0 aliphatic rings. The van der Waals surface area contributed by atoms with Crippen LogP contribution in [0.15, 0.2) is 59.1 Å². The van der Waals surface area contributed by atoms with Gasteiger partial charge in [0.15, 0.2) is 6.61 Å². The number of carbonyl (C=O) groups is 2. The van der Waals surface area contributed by atoms with Crippen molar-refractivity contribution in [1.29, 1.82) is 0 Å². The van der Waals surface area contributed by atoms with Crippen LogP contribution < -0.4 is 4.74 Å². The molecule has 1 amide bonds. The van der Waals surface area contributed by atoms with E-state index >= 15 is 0 Å². The first-order valence-corrected chi connectivity index (χ1v) is 9.53. The molecule has 0 radical (unpaired) electrons. The van der Waals surface area contributed by atoms with Gasteiger partial charge in [-0.05, 0) is 43.7 Å². The van der Waals surface area contributed by atoms with Crippen LogP contribution in [-0.4, -0.2) is 35.6 Å². The first kappa shape index (κ1) is 21.1. The highest BCUT2D eigenvalue weighted by atomic mass is 16.5. The number of rotatable bonds is 8. The van der Waals surface area contributed by atoms with Crippen molar-refractivity contribution in [2.45, 2.75) is 27.0 Å². The number of aromatic nitrogens is 1. The van der Waals surface area contributed by atoms with Crippen LogP contribution in [0.4, 0.5) is 0 Å². The summed E-state index contributed by atoms with van der Waals surface area (Å²) in [6.07, 6.45) is 0. The summed E-state index contributed by atoms with van der Waals surface area (Å²) in [6, 6.07) is 16.2. The summed E-state index contributed by atoms with van der Waals surface area (Å²) in [6.45, 7) is 4.15. The molecule has 0 fully saturated rings. The standard InChI is InChI=1S/C23H24N2O5/c1-16-21(17(2)30-24-16)14-28-20-11-9-19(10-12-20)23(27)29-15-22(26)25(3)13-18-7-5-4-6-8-18/h4-12H,13-15H2,1-3H3. The van der Waals surface area contributed by atoms with Gasteiger partial charge in [-0.2, -0.15) is 0 Å². The molecular weight excluding hydrogens is 384 g/mol. The van der Waals surface area contributed by atoms with Gasteiger partial charge in [-0.3, -0.25) is 4.79 Å². The molecule has 0 spiro atoms. The van der Waals surface area contributed by atoms with Crippen LogP contribution in [0, 0.1) is 13.8 Å². The normalized spacial score (nSPS) is 10.5. The largest absolute Gasteiger partial charge is 0.489 e. The van der Waals surface area contributed by atoms with Crippen molar-refractivity contribution in [2.75, 3.05) is 13.7 Å². The number of amides is 1. The van der Waals surface area contributed by atoms with Crippen LogP contribution in [0.1, 0.15) is 32.9 Å². The Balaban J connectivity index is 1.47. The number of hydrogen-bond donors (Lipinski definition) is 0. The fraction of sp³-hybridized carbons (Fsp3) is 0.261. The minimum absolute atomic E-state index is 0.272. The van der Waals surface area contributed by atoms with E-state index in [2.05, 4.69) is 5.16 Å². The second-order valence-electron chi connectivity index (χ2n) is 6.93. The molecule has 0 aliphatic carbocycles. The molecule has 7 nitrogen and oxygen atoms in total. The molecule has 0 N–H and O–H groups in total. The minimum Gasteiger partial charge on any atom is -0.489 e. The molecule has 1 aromatic heterocycles. The number of likely N-dealkylation sites (N-methyl/N-ethyl adjacent to an activating group) is 1. The zero-order valence-corrected chi connectivity index (χ0v) is 17.3. The summed E-state index contributed by atoms with van der Waals surface area (Å²) in [5.74, 6) is 0.486. The second-order valence-corrected chi connectivity index (χ2v) is 6.93. The van der Waals surface area contributed by atoms with Gasteiger partial charge in [0, 0.05) is 13.6 Å². The first-order valence-electron chi connectivity index (χ1n) is 9.53. The van der Waals surface area contributed by atoms with E-state index in [4.69, 9.17) is 14.0 Å². The Morgan fingerprint density at radius 3 is 2.37 bits per heavy atom. The summed E-state index contributed by atoms with van der Waals surface area (Å²) in [7, 11) is 1.67. The van der Waals surface area contributed by atoms with E-state index in [1.54, 1.807) is 31.3 Å². The lowest BCUT2D eigenvalue weighted by Gasteiger charge is -2.17. The summed E-state index contributed by atoms with van der Waals surface area (Å²) in [4.78, 5) is 25.9. The molecule has 3 rings (SSSR count). The summed E-state index contributed by atoms with van der Waals surface area (Å²) < 4.78 is 16.0. The molecule has 2 aromatic carbocycles. The molecule has 7 heteroatoms. The number of carbonyl (C=O) groups excluding carboxylic acids is 2. The third-order valence-electron chi connectivity index (χ3n) is 4.67. The lowest BCUT2D eigenvalue weighted by Crippen LogP contribution is -2.30. The van der Waals surface area contributed by atoms with Gasteiger partial charge < -0.3 is 18.9 Å². The number of benzene rings is 2. The Labute approximate surface area is 175 Å². The SMILES string of the molecule is Cc1noc(C)c1COc1ccc(C(=O)OCC(=O)N(C)Cc2ccccc2)cc1. The molecule has 0 atom stereocenters. The van der Waals surface area contributed by atoms with Crippen LogP contribution >= 0.6 is 0 Å². The second kappa shape index (κ2) is 9.73. The van der Waals surface area contributed by atoms with E-state index < -0.39 is 5.97 Å². The summed E-state index contributed by atoms with van der Waals surface area (Å²) in [5, 5.41) is 3.89. The van der Waals surface area contributed by atoms with Crippen molar-refractivity contribution in [3.63, 3.8) is 0 Å². The maximum absolute atomic E-state index is 12.2. The van der Waals surface area contributed by atoms with Crippen molar-refractivity contribution in [1.82, 2.24) is 10.1 Å². The van der Waals surface area contributed by atoms with Gasteiger partial charge in [0.2, 0.25) is 0 Å². The number of nitrogens with zero attached hydrogens (tertiary/aromatic N) is 2. The predicted octanol–water partition coefficient (Wildman–Crippen LogP) is 3.69. The molecule has 30 heavy (non-hydrogen) atoms. The first-order chi connectivity index (χ1) is 14.4. The van der Waals surface area contributed by atoms with Gasteiger partial charge in [-0.1, -0.05) is 35.5 Å². The van der Waals surface area contributed by atoms with Crippen LogP contribution in [0.5, 0.6) is 5.75 Å². The van der Waals surface area contributed by atoms with E-state index in [9.17, 15) is 9.59 Å². The van der Waals surface area contributed by atoms with E-state index in [1.807, 2.05) is 44.2 Å². The smallest absolute Gasteiger partial charge is 0.338 e. The van der Waals surface area contributed by atoms with E-state index in [-0.39, 0.29) is 12.5 Å². The molecule has 0 unspecified atom stereocenters. The molecule has 1 heterocycles. The molecule has 0 aliphatic heterocycles. The quantitative estimate of drug-likeness (QED) is 0.529. The van der Waals surface area contributed by atoms with Gasteiger partial charge in [-0.25, -0.2) is 4.79 Å². The number of ether oxygens (including phenoxy) is 2. The topological polar surface area (TPSA) is 81.9 Å². The number of aryl methyl sites for hydroxylation is 2. The third kappa shape index (κ3) is 5.47. The van der Waals surface area contributed by atoms with Gasteiger partial charge in [0.05, 0.1) is 16.8 Å². The molecule has 3 aromatic rings. The lowest BCUT2D eigenvalue weighted by atomic mass is 10.2. The maximum Gasteiger partial charge on any atom is 0.338 e. The average Bonchev–Trinajstić information content (AvgIpc) is 3.08. The molecule has 156 valence electrons. The van der Waals surface area contributed by atoms with Gasteiger partial charge in [0.25, 0.3) is 5.91 Å². The Hall–Kier alpha value is -3.61. The fourth-order valence-corrected chi connectivity index (χ4v) is 2.82. The van der Waals surface area contributed by atoms with Crippen molar-refractivity contribution in [2.24, 2.45) is 0 Å². The number of esters is 1. The summed E-state index contributed by atoms with van der Waals surface area (Å²) in [5.41, 5.74) is 3.04. The molecule has 0 saturated carbocycles. The molecule has 0 bridgehead atoms. The van der Waals surface area contributed by atoms with E-state index in [0.29, 0.717) is 24.5 Å². The van der Waals surface area contributed by atoms with Crippen molar-refractivity contribution < 1.29 is 23.6 Å². The molecular formula is C23H24N2O5. The minimum atomic E-state index is -0.561. The van der Waals surface area contributed by atoms with Crippen LogP contribution in [0.25, 0.3) is 0 Å². The monoisotopic (exact) mass is 408 g/mol. The average molecular weight is 408 g/mol. The van der Waals surface area contributed by atoms with E-state index in [1.165, 1.54) is 4.90 Å². The van der Waals surface area contributed by atoms with Crippen molar-refractivity contribution >= 4 is 11.9 Å². The van der Waals surface area contributed by atoms with Crippen LogP contribution in [0.3, 0.4) is 0 Å². The Bertz CT molecular complexity index is 977. The van der Waals surface area contributed by atoms with Crippen molar-refractivity contribution in [3.8, 4) is 5.75 Å². The number of hydrogen-bond acceptors (Lipinski definition) is 6. The fourth-order valence-electron chi connectivity index (χ4n) is 2.82. The van der Waals surface area contributed by atoms with Crippen LogP contribution in [-0.2, 0) is 22.7 Å². The van der Waals surface area contributed by atoms with E-state index in [0.717, 1.165) is 22.6 Å². The maximum atomic E-state index is 12.2. The lowest BCUT2D eigenvalue weighted by molar-refractivity contribution is -0.133. The van der Waals surface area contributed by atoms with Gasteiger partial charge >= 0.3 is 5.97 Å². The van der Waals surface area contributed by atoms with Gasteiger partial charge in [0.1, 0.15) is 18.1 Å². The highest BCUT2D eigenvalue weighted by Crippen LogP contribution is 2.18. The Kier molecular flexibility index (Phi) is 6.85. The third-order valence-corrected chi connectivity index (χ3v) is 4.67. The Morgan fingerprint density at radius 2 is 1.73 bits per heavy atom. The zero-order valence-electron chi connectivity index (χ0n) is 17.3.